The maximum absolute atomic E-state index is 11.9. The van der Waals surface area contributed by atoms with Crippen molar-refractivity contribution in [2.45, 2.75) is 51.4 Å². The lowest BCUT2D eigenvalue weighted by Crippen LogP contribution is -2.52. The fourth-order valence-electron chi connectivity index (χ4n) is 5.22. The van der Waals surface area contributed by atoms with E-state index >= 15 is 0 Å². The quantitative estimate of drug-likeness (QED) is 0.618. The molecule has 0 aromatic heterocycles. The monoisotopic (exact) mass is 364 g/mol. The van der Waals surface area contributed by atoms with E-state index < -0.39 is 43.8 Å². The van der Waals surface area contributed by atoms with Crippen LogP contribution in [0, 0.1) is 31.6 Å². The second-order valence-electron chi connectivity index (χ2n) is 7.73. The Balaban J connectivity index is 2.31. The number of nitrogens with zero attached hydrogens (tertiary/aromatic N) is 2. The Morgan fingerprint density at radius 3 is 2.42 bits per heavy atom. The number of phenols is 1. The zero-order valence-electron chi connectivity index (χ0n) is 14.5. The number of hydrogen-bond acceptors (Lipinski definition) is 6. The van der Waals surface area contributed by atoms with Gasteiger partial charge in [0.1, 0.15) is 0 Å². The number of rotatable bonds is 3. The third kappa shape index (κ3) is 2.26. The van der Waals surface area contributed by atoms with E-state index in [1.54, 1.807) is 13.8 Å². The molecule has 0 radical (unpaired) electrons. The third-order valence-corrected chi connectivity index (χ3v) is 6.41. The fraction of sp³-hybridized carbons (Fsp3) is 0.588. The molecule has 0 aliphatic heterocycles. The van der Waals surface area contributed by atoms with E-state index in [-0.39, 0.29) is 11.5 Å². The molecule has 3 rings (SSSR count). The Bertz CT molecular complexity index is 837. The lowest BCUT2D eigenvalue weighted by Gasteiger charge is -2.53. The van der Waals surface area contributed by atoms with Crippen LogP contribution in [-0.2, 0) is 16.6 Å². The lowest BCUT2D eigenvalue weighted by molar-refractivity contribution is -0.397. The summed E-state index contributed by atoms with van der Waals surface area (Å²) in [5.41, 5.74) is -2.50. The lowest BCUT2D eigenvalue weighted by atomic mass is 9.49. The largest absolute Gasteiger partial charge is 0.497 e. The van der Waals surface area contributed by atoms with Gasteiger partial charge in [-0.05, 0) is 44.1 Å². The van der Waals surface area contributed by atoms with Gasteiger partial charge >= 0.3 is 17.3 Å². The zero-order valence-corrected chi connectivity index (χ0v) is 14.5. The average Bonchev–Trinajstić information content (AvgIpc) is 2.53. The number of phenolic OH excluding ortho intramolecular Hbond substituents is 1. The van der Waals surface area contributed by atoms with Crippen molar-refractivity contribution in [3.8, 4) is 5.75 Å². The predicted octanol–water partition coefficient (Wildman–Crippen LogP) is 3.30. The molecule has 140 valence electrons. The van der Waals surface area contributed by atoms with Crippen LogP contribution in [0.3, 0.4) is 0 Å². The highest BCUT2D eigenvalue weighted by Gasteiger charge is 2.58. The van der Waals surface area contributed by atoms with Crippen molar-refractivity contribution in [3.05, 3.63) is 37.4 Å². The second kappa shape index (κ2) is 5.65. The summed E-state index contributed by atoms with van der Waals surface area (Å²) >= 11 is 0. The zero-order chi connectivity index (χ0) is 19.4. The molecule has 0 heterocycles. The number of benzene rings is 1. The minimum Gasteiger partial charge on any atom is -0.497 e. The molecule has 9 heteroatoms. The number of aryl methyl sites for hydroxylation is 1. The molecule has 1 aromatic rings. The van der Waals surface area contributed by atoms with E-state index in [9.17, 15) is 35.2 Å². The van der Waals surface area contributed by atoms with Gasteiger partial charge in [0, 0.05) is 17.0 Å². The van der Waals surface area contributed by atoms with Crippen molar-refractivity contribution in [1.82, 2.24) is 0 Å². The first-order valence-corrected chi connectivity index (χ1v) is 8.45. The van der Waals surface area contributed by atoms with Gasteiger partial charge in [-0.2, -0.15) is 0 Å². The van der Waals surface area contributed by atoms with Crippen LogP contribution in [0.2, 0.25) is 0 Å². The predicted molar refractivity (Wildman–Crippen MR) is 90.2 cm³/mol. The van der Waals surface area contributed by atoms with Crippen molar-refractivity contribution in [2.24, 2.45) is 11.3 Å². The van der Waals surface area contributed by atoms with Gasteiger partial charge in [0.15, 0.2) is 0 Å². The van der Waals surface area contributed by atoms with Crippen LogP contribution < -0.4 is 0 Å². The number of aromatic hydroxyl groups is 1. The van der Waals surface area contributed by atoms with Crippen LogP contribution >= 0.6 is 0 Å². The molecule has 1 aromatic carbocycles. The van der Waals surface area contributed by atoms with E-state index in [0.29, 0.717) is 37.7 Å². The molecular formula is C17H20N2O7. The Kier molecular flexibility index (Phi) is 3.93. The van der Waals surface area contributed by atoms with Gasteiger partial charge in [-0.3, -0.25) is 25.0 Å². The number of carboxylic acids is 1. The fourth-order valence-corrected chi connectivity index (χ4v) is 5.22. The molecule has 0 unspecified atom stereocenters. The minimum absolute atomic E-state index is 0.258. The van der Waals surface area contributed by atoms with Gasteiger partial charge in [-0.25, -0.2) is 0 Å². The summed E-state index contributed by atoms with van der Waals surface area (Å²) in [6.45, 7) is 3.45. The number of fused-ring (bicyclic) bond motifs is 3. The van der Waals surface area contributed by atoms with E-state index in [0.717, 1.165) is 0 Å². The molecule has 9 nitrogen and oxygen atoms in total. The van der Waals surface area contributed by atoms with Crippen LogP contribution in [0.5, 0.6) is 5.75 Å². The molecule has 1 fully saturated rings. The van der Waals surface area contributed by atoms with E-state index in [1.165, 1.54) is 6.07 Å². The Hall–Kier alpha value is -2.71. The summed E-state index contributed by atoms with van der Waals surface area (Å²) in [6, 6.07) is 1.20. The SMILES string of the molecule is C[C@@]1(C(=O)O)CCC[C@]2(C)c3c(cc([N+](=O)[O-])c(O)c3[N+](=O)[O-])CC[C@H]12. The van der Waals surface area contributed by atoms with Crippen molar-refractivity contribution in [3.63, 3.8) is 0 Å². The van der Waals surface area contributed by atoms with Crippen LogP contribution in [0.4, 0.5) is 11.4 Å². The highest BCUT2D eigenvalue weighted by molar-refractivity contribution is 5.76. The molecule has 1 saturated carbocycles. The summed E-state index contributed by atoms with van der Waals surface area (Å²) in [5.74, 6) is -2.25. The highest BCUT2D eigenvalue weighted by Crippen LogP contribution is 2.60. The molecule has 26 heavy (non-hydrogen) atoms. The molecule has 2 aliphatic rings. The second-order valence-corrected chi connectivity index (χ2v) is 7.73. The first-order chi connectivity index (χ1) is 12.0. The van der Waals surface area contributed by atoms with Crippen molar-refractivity contribution in [1.29, 1.82) is 0 Å². The van der Waals surface area contributed by atoms with Crippen molar-refractivity contribution >= 4 is 17.3 Å². The van der Waals surface area contributed by atoms with E-state index in [1.807, 2.05) is 0 Å². The average molecular weight is 364 g/mol. The normalized spacial score (nSPS) is 30.2. The van der Waals surface area contributed by atoms with Crippen LogP contribution in [0.1, 0.15) is 50.7 Å². The third-order valence-electron chi connectivity index (χ3n) is 6.41. The molecular weight excluding hydrogens is 344 g/mol. The number of aliphatic carboxylic acids is 1. The molecule has 0 bridgehead atoms. The van der Waals surface area contributed by atoms with E-state index in [4.69, 9.17) is 0 Å². The van der Waals surface area contributed by atoms with Gasteiger partial charge < -0.3 is 10.2 Å². The van der Waals surface area contributed by atoms with Gasteiger partial charge in [0.2, 0.25) is 0 Å². The maximum atomic E-state index is 11.9. The minimum atomic E-state index is -1.03. The molecule has 0 amide bonds. The molecule has 2 N–H and O–H groups in total. The summed E-state index contributed by atoms with van der Waals surface area (Å²) in [6.07, 6.45) is 2.37. The van der Waals surface area contributed by atoms with Gasteiger partial charge in [-0.15, -0.1) is 0 Å². The Morgan fingerprint density at radius 2 is 1.88 bits per heavy atom. The highest BCUT2D eigenvalue weighted by atomic mass is 16.6. The van der Waals surface area contributed by atoms with E-state index in [2.05, 4.69) is 0 Å². The summed E-state index contributed by atoms with van der Waals surface area (Å²) in [7, 11) is 0. The topological polar surface area (TPSA) is 144 Å². The number of hydrogen-bond donors (Lipinski definition) is 2. The first-order valence-electron chi connectivity index (χ1n) is 8.45. The Labute approximate surface area is 148 Å². The van der Waals surface area contributed by atoms with Gasteiger partial charge in [0.05, 0.1) is 15.3 Å². The summed E-state index contributed by atoms with van der Waals surface area (Å²) < 4.78 is 0. The number of nitro benzene ring substituents is 2. The standard InChI is InChI=1S/C17H20N2O7/c1-16-6-3-7-17(2,15(21)22)11(16)5-4-9-8-10(18(23)24)14(20)13(12(9)16)19(25)26/h8,11,20H,3-7H2,1-2H3,(H,21,22)/t11-,16-,17+/m0/s1. The summed E-state index contributed by atoms with van der Waals surface area (Å²) in [4.78, 5) is 33.2. The number of carboxylic acid groups (broad SMARTS) is 1. The van der Waals surface area contributed by atoms with Crippen molar-refractivity contribution < 1.29 is 24.9 Å². The number of carbonyl (C=O) groups is 1. The Morgan fingerprint density at radius 1 is 1.23 bits per heavy atom. The van der Waals surface area contributed by atoms with Crippen molar-refractivity contribution in [2.75, 3.05) is 0 Å². The first kappa shape index (κ1) is 18.1. The molecule has 0 spiro atoms. The van der Waals surface area contributed by atoms with Crippen LogP contribution in [0.15, 0.2) is 6.07 Å². The van der Waals surface area contributed by atoms with Crippen LogP contribution in [-0.4, -0.2) is 26.0 Å². The van der Waals surface area contributed by atoms with Gasteiger partial charge in [-0.1, -0.05) is 13.3 Å². The molecule has 3 atom stereocenters. The van der Waals surface area contributed by atoms with Crippen LogP contribution in [0.25, 0.3) is 0 Å². The summed E-state index contributed by atoms with van der Waals surface area (Å²) in [5, 5.41) is 42.9. The molecule has 0 saturated heterocycles. The molecule has 2 aliphatic carbocycles. The smallest absolute Gasteiger partial charge is 0.322 e. The number of nitro groups is 2. The maximum Gasteiger partial charge on any atom is 0.322 e. The van der Waals surface area contributed by atoms with Gasteiger partial charge in [0.25, 0.3) is 5.75 Å².